The van der Waals surface area contributed by atoms with Crippen LogP contribution in [0.25, 0.3) is 0 Å². The van der Waals surface area contributed by atoms with Crippen LogP contribution < -0.4 is 15.2 Å². The number of likely N-dealkylation sites (N-methyl/N-ethyl adjacent to an activating group) is 1. The van der Waals surface area contributed by atoms with E-state index in [1.54, 1.807) is 17.3 Å². The predicted molar refractivity (Wildman–Crippen MR) is 117 cm³/mol. The molecule has 1 aromatic heterocycles. The number of hydrogen-bond donors (Lipinski definition) is 1. The minimum Gasteiger partial charge on any atom is -0.340 e. The van der Waals surface area contributed by atoms with Gasteiger partial charge in [-0.25, -0.2) is 10.4 Å². The van der Waals surface area contributed by atoms with Crippen molar-refractivity contribution in [1.82, 2.24) is 9.97 Å². The minimum atomic E-state index is -0.172. The SMILES string of the molecule is CCC1C(=O)N(C)c2cnc(N/N=C/c3ccccc3C)nc2N1C1CCCC1. The van der Waals surface area contributed by atoms with Crippen molar-refractivity contribution in [3.05, 3.63) is 41.6 Å². The van der Waals surface area contributed by atoms with E-state index in [9.17, 15) is 4.79 Å². The Morgan fingerprint density at radius 3 is 2.76 bits per heavy atom. The molecule has 7 nitrogen and oxygen atoms in total. The first kappa shape index (κ1) is 19.4. The molecule has 2 heterocycles. The van der Waals surface area contributed by atoms with Crippen molar-refractivity contribution >= 4 is 29.6 Å². The third kappa shape index (κ3) is 3.69. The fourth-order valence-electron chi connectivity index (χ4n) is 4.33. The van der Waals surface area contributed by atoms with Gasteiger partial charge in [0.2, 0.25) is 11.9 Å². The number of fused-ring (bicyclic) bond motifs is 1. The third-order valence-corrected chi connectivity index (χ3v) is 5.97. The molecule has 1 amide bonds. The molecule has 1 saturated carbocycles. The molecule has 2 aliphatic rings. The number of amides is 1. The number of nitrogens with one attached hydrogen (secondary N) is 1. The molecule has 1 unspecified atom stereocenters. The zero-order chi connectivity index (χ0) is 20.4. The fourth-order valence-corrected chi connectivity index (χ4v) is 4.33. The van der Waals surface area contributed by atoms with E-state index in [0.717, 1.165) is 41.9 Å². The first-order valence-electron chi connectivity index (χ1n) is 10.4. The van der Waals surface area contributed by atoms with E-state index < -0.39 is 0 Å². The second-order valence-corrected chi connectivity index (χ2v) is 7.80. The van der Waals surface area contributed by atoms with Crippen LogP contribution in [-0.4, -0.2) is 41.2 Å². The Labute approximate surface area is 171 Å². The molecule has 1 aliphatic carbocycles. The number of rotatable bonds is 5. The molecule has 0 spiro atoms. The van der Waals surface area contributed by atoms with Crippen molar-refractivity contribution in [2.24, 2.45) is 5.10 Å². The van der Waals surface area contributed by atoms with Gasteiger partial charge in [0.05, 0.1) is 12.4 Å². The molecule has 1 N–H and O–H groups in total. The Bertz CT molecular complexity index is 921. The number of carbonyl (C=O) groups excluding carboxylic acids is 1. The van der Waals surface area contributed by atoms with Crippen LogP contribution in [-0.2, 0) is 4.79 Å². The lowest BCUT2D eigenvalue weighted by Gasteiger charge is -2.43. The van der Waals surface area contributed by atoms with Gasteiger partial charge in [-0.1, -0.05) is 44.0 Å². The van der Waals surface area contributed by atoms with Crippen LogP contribution in [0.3, 0.4) is 0 Å². The second kappa shape index (κ2) is 8.19. The maximum atomic E-state index is 12.9. The van der Waals surface area contributed by atoms with Crippen molar-refractivity contribution in [2.75, 3.05) is 22.3 Å². The highest BCUT2D eigenvalue weighted by atomic mass is 16.2. The smallest absolute Gasteiger partial charge is 0.249 e. The van der Waals surface area contributed by atoms with Crippen LogP contribution in [0, 0.1) is 6.92 Å². The number of hydrogen-bond acceptors (Lipinski definition) is 6. The van der Waals surface area contributed by atoms with Crippen molar-refractivity contribution in [3.63, 3.8) is 0 Å². The largest absolute Gasteiger partial charge is 0.340 e. The van der Waals surface area contributed by atoms with Crippen molar-refractivity contribution in [3.8, 4) is 0 Å². The number of carbonyl (C=O) groups is 1. The van der Waals surface area contributed by atoms with Gasteiger partial charge in [-0.2, -0.15) is 10.1 Å². The van der Waals surface area contributed by atoms with Crippen molar-refractivity contribution in [1.29, 1.82) is 0 Å². The van der Waals surface area contributed by atoms with E-state index in [0.29, 0.717) is 12.0 Å². The van der Waals surface area contributed by atoms with Crippen LogP contribution in [0.1, 0.15) is 50.2 Å². The number of benzene rings is 1. The third-order valence-electron chi connectivity index (χ3n) is 5.97. The van der Waals surface area contributed by atoms with Gasteiger partial charge >= 0.3 is 0 Å². The van der Waals surface area contributed by atoms with Gasteiger partial charge in [0.15, 0.2) is 5.82 Å². The Kier molecular flexibility index (Phi) is 5.47. The van der Waals surface area contributed by atoms with Crippen LogP contribution in [0.15, 0.2) is 35.6 Å². The maximum Gasteiger partial charge on any atom is 0.249 e. The number of nitrogens with zero attached hydrogens (tertiary/aromatic N) is 5. The quantitative estimate of drug-likeness (QED) is 0.620. The summed E-state index contributed by atoms with van der Waals surface area (Å²) in [5.74, 6) is 1.39. The molecule has 1 atom stereocenters. The molecular weight excluding hydrogens is 364 g/mol. The van der Waals surface area contributed by atoms with Gasteiger partial charge in [-0.15, -0.1) is 0 Å². The zero-order valence-corrected chi connectivity index (χ0v) is 17.3. The first-order chi connectivity index (χ1) is 14.1. The molecule has 2 aromatic rings. The number of hydrazone groups is 1. The summed E-state index contributed by atoms with van der Waals surface area (Å²) in [4.78, 5) is 26.0. The highest BCUT2D eigenvalue weighted by Crippen LogP contribution is 2.39. The van der Waals surface area contributed by atoms with Crippen LogP contribution >= 0.6 is 0 Å². The van der Waals surface area contributed by atoms with E-state index in [-0.39, 0.29) is 11.9 Å². The lowest BCUT2D eigenvalue weighted by atomic mass is 10.0. The Balaban J connectivity index is 1.64. The molecule has 152 valence electrons. The molecule has 1 aromatic carbocycles. The summed E-state index contributed by atoms with van der Waals surface area (Å²) in [5.41, 5.74) is 5.92. The zero-order valence-electron chi connectivity index (χ0n) is 17.3. The number of aryl methyl sites for hydroxylation is 1. The van der Waals surface area contributed by atoms with Gasteiger partial charge < -0.3 is 9.80 Å². The van der Waals surface area contributed by atoms with Crippen LogP contribution in [0.2, 0.25) is 0 Å². The number of aromatic nitrogens is 2. The summed E-state index contributed by atoms with van der Waals surface area (Å²) in [6.45, 7) is 4.12. The fraction of sp³-hybridized carbons (Fsp3) is 0.455. The molecular formula is C22H28N6O. The van der Waals surface area contributed by atoms with Gasteiger partial charge in [-0.05, 0) is 37.3 Å². The molecule has 29 heavy (non-hydrogen) atoms. The van der Waals surface area contributed by atoms with E-state index in [4.69, 9.17) is 4.98 Å². The second-order valence-electron chi connectivity index (χ2n) is 7.80. The van der Waals surface area contributed by atoms with Gasteiger partial charge in [0.1, 0.15) is 11.7 Å². The van der Waals surface area contributed by atoms with Gasteiger partial charge in [-0.3, -0.25) is 4.79 Å². The Hall–Kier alpha value is -2.96. The van der Waals surface area contributed by atoms with Gasteiger partial charge in [0, 0.05) is 13.1 Å². The molecule has 7 heteroatoms. The normalized spacial score (nSPS) is 19.8. The molecule has 4 rings (SSSR count). The molecule has 1 aliphatic heterocycles. The maximum absolute atomic E-state index is 12.9. The minimum absolute atomic E-state index is 0.119. The molecule has 0 saturated heterocycles. The highest BCUT2D eigenvalue weighted by Gasteiger charge is 2.41. The average Bonchev–Trinajstić information content (AvgIpc) is 3.26. The van der Waals surface area contributed by atoms with Crippen molar-refractivity contribution < 1.29 is 4.79 Å². The lowest BCUT2D eigenvalue weighted by molar-refractivity contribution is -0.120. The summed E-state index contributed by atoms with van der Waals surface area (Å²) in [7, 11) is 1.81. The average molecular weight is 393 g/mol. The summed E-state index contributed by atoms with van der Waals surface area (Å²) < 4.78 is 0. The molecule has 1 fully saturated rings. The summed E-state index contributed by atoms with van der Waals surface area (Å²) >= 11 is 0. The van der Waals surface area contributed by atoms with E-state index >= 15 is 0 Å². The summed E-state index contributed by atoms with van der Waals surface area (Å²) in [5, 5.41) is 4.32. The van der Waals surface area contributed by atoms with E-state index in [2.05, 4.69) is 27.3 Å². The summed E-state index contributed by atoms with van der Waals surface area (Å²) in [6.07, 6.45) is 8.87. The van der Waals surface area contributed by atoms with Crippen LogP contribution in [0.5, 0.6) is 0 Å². The lowest BCUT2D eigenvalue weighted by Crippen LogP contribution is -2.55. The number of anilines is 3. The first-order valence-corrected chi connectivity index (χ1v) is 10.4. The van der Waals surface area contributed by atoms with E-state index in [1.807, 2.05) is 38.2 Å². The Morgan fingerprint density at radius 2 is 2.03 bits per heavy atom. The summed E-state index contributed by atoms with van der Waals surface area (Å²) in [6, 6.07) is 8.24. The molecule has 0 bridgehead atoms. The topological polar surface area (TPSA) is 73.7 Å². The predicted octanol–water partition coefficient (Wildman–Crippen LogP) is 3.74. The van der Waals surface area contributed by atoms with E-state index in [1.165, 1.54) is 12.8 Å². The van der Waals surface area contributed by atoms with Crippen LogP contribution in [0.4, 0.5) is 17.5 Å². The van der Waals surface area contributed by atoms with Gasteiger partial charge in [0.25, 0.3) is 0 Å². The molecule has 0 radical (unpaired) electrons. The monoisotopic (exact) mass is 392 g/mol. The standard InChI is InChI=1S/C22H28N6O/c1-4-18-21(29)27(3)19-14-23-22(25-20(19)28(18)17-11-7-8-12-17)26-24-13-16-10-6-5-9-15(16)2/h5-6,9-10,13-14,17-18H,4,7-8,11-12H2,1-3H3,(H,23,25,26)/b24-13+. The van der Waals surface area contributed by atoms with Crippen molar-refractivity contribution in [2.45, 2.75) is 58.0 Å². The highest BCUT2D eigenvalue weighted by molar-refractivity contribution is 6.04. The Morgan fingerprint density at radius 1 is 1.28 bits per heavy atom.